The van der Waals surface area contributed by atoms with Crippen LogP contribution in [-0.2, 0) is 4.79 Å². The van der Waals surface area contributed by atoms with Crippen molar-refractivity contribution in [3.8, 4) is 0 Å². The van der Waals surface area contributed by atoms with Crippen LogP contribution in [0.25, 0.3) is 0 Å². The van der Waals surface area contributed by atoms with Crippen LogP contribution < -0.4 is 5.32 Å². The van der Waals surface area contributed by atoms with E-state index in [4.69, 9.17) is 0 Å². The van der Waals surface area contributed by atoms with Crippen LogP contribution in [0.3, 0.4) is 0 Å². The summed E-state index contributed by atoms with van der Waals surface area (Å²) < 4.78 is 13.2. The second kappa shape index (κ2) is 3.12. The molecule has 2 heterocycles. The van der Waals surface area contributed by atoms with Gasteiger partial charge in [-0.25, -0.2) is 4.39 Å². The van der Waals surface area contributed by atoms with Crippen LogP contribution in [0, 0.1) is 5.82 Å². The van der Waals surface area contributed by atoms with Crippen molar-refractivity contribution in [1.29, 1.82) is 0 Å². The van der Waals surface area contributed by atoms with Crippen LogP contribution in [0.2, 0.25) is 0 Å². The highest BCUT2D eigenvalue weighted by Gasteiger charge is 2.24. The molecule has 1 aromatic heterocycles. The quantitative estimate of drug-likeness (QED) is 0.695. The van der Waals surface area contributed by atoms with E-state index < -0.39 is 0 Å². The minimum absolute atomic E-state index is 0.0128. The molecule has 68 valence electrons. The zero-order valence-electron chi connectivity index (χ0n) is 6.96. The molecule has 1 N–H and O–H groups in total. The SMILES string of the molecule is O=C1CC(c2ccncc2F)CN1. The number of hydrogen-bond acceptors (Lipinski definition) is 2. The van der Waals surface area contributed by atoms with E-state index >= 15 is 0 Å². The Morgan fingerprint density at radius 1 is 1.62 bits per heavy atom. The highest BCUT2D eigenvalue weighted by Crippen LogP contribution is 2.24. The van der Waals surface area contributed by atoms with Crippen molar-refractivity contribution in [3.63, 3.8) is 0 Å². The topological polar surface area (TPSA) is 42.0 Å². The number of amides is 1. The van der Waals surface area contributed by atoms with Gasteiger partial charge in [-0.2, -0.15) is 0 Å². The largest absolute Gasteiger partial charge is 0.355 e. The van der Waals surface area contributed by atoms with E-state index in [1.807, 2.05) is 0 Å². The zero-order chi connectivity index (χ0) is 9.26. The fraction of sp³-hybridized carbons (Fsp3) is 0.333. The van der Waals surface area contributed by atoms with Gasteiger partial charge in [0.25, 0.3) is 0 Å². The Bertz CT molecular complexity index is 340. The number of pyridine rings is 1. The van der Waals surface area contributed by atoms with Gasteiger partial charge in [-0.1, -0.05) is 0 Å². The first-order chi connectivity index (χ1) is 6.27. The molecule has 4 heteroatoms. The summed E-state index contributed by atoms with van der Waals surface area (Å²) in [5.74, 6) is -0.374. The fourth-order valence-corrected chi connectivity index (χ4v) is 1.54. The molecule has 0 aromatic carbocycles. The standard InChI is InChI=1S/C9H9FN2O/c10-8-5-11-2-1-7(8)6-3-9(13)12-4-6/h1-2,5-6H,3-4H2,(H,12,13). The van der Waals surface area contributed by atoms with Crippen LogP contribution in [0.5, 0.6) is 0 Å². The van der Waals surface area contributed by atoms with Crippen molar-refractivity contribution in [2.75, 3.05) is 6.54 Å². The lowest BCUT2D eigenvalue weighted by Gasteiger charge is -2.07. The summed E-state index contributed by atoms with van der Waals surface area (Å²) in [7, 11) is 0. The molecule has 13 heavy (non-hydrogen) atoms. The molecule has 1 aromatic rings. The summed E-state index contributed by atoms with van der Waals surface area (Å²) >= 11 is 0. The average Bonchev–Trinajstić information content (AvgIpc) is 2.53. The van der Waals surface area contributed by atoms with Crippen molar-refractivity contribution in [3.05, 3.63) is 29.8 Å². The van der Waals surface area contributed by atoms with Crippen LogP contribution >= 0.6 is 0 Å². The van der Waals surface area contributed by atoms with E-state index in [2.05, 4.69) is 10.3 Å². The third-order valence-electron chi connectivity index (χ3n) is 2.22. The molecule has 0 aliphatic carbocycles. The summed E-state index contributed by atoms with van der Waals surface area (Å²) in [6.45, 7) is 0.528. The van der Waals surface area contributed by atoms with E-state index in [0.29, 0.717) is 18.5 Å². The molecular weight excluding hydrogens is 171 g/mol. The Morgan fingerprint density at radius 3 is 3.08 bits per heavy atom. The van der Waals surface area contributed by atoms with Crippen molar-refractivity contribution in [1.82, 2.24) is 10.3 Å². The molecule has 0 spiro atoms. The lowest BCUT2D eigenvalue weighted by Crippen LogP contribution is -2.13. The summed E-state index contributed by atoms with van der Waals surface area (Å²) in [5.41, 5.74) is 0.577. The second-order valence-electron chi connectivity index (χ2n) is 3.10. The third kappa shape index (κ3) is 1.52. The predicted octanol–water partition coefficient (Wildman–Crippen LogP) is 0.824. The van der Waals surface area contributed by atoms with Gasteiger partial charge in [-0.05, 0) is 11.6 Å². The van der Waals surface area contributed by atoms with Gasteiger partial charge in [0.2, 0.25) is 5.91 Å². The van der Waals surface area contributed by atoms with Gasteiger partial charge in [0, 0.05) is 25.1 Å². The number of nitrogens with zero attached hydrogens (tertiary/aromatic N) is 1. The Labute approximate surface area is 75.0 Å². The summed E-state index contributed by atoms with van der Waals surface area (Å²) in [5, 5.41) is 2.67. The molecule has 3 nitrogen and oxygen atoms in total. The lowest BCUT2D eigenvalue weighted by atomic mass is 9.99. The Morgan fingerprint density at radius 2 is 2.46 bits per heavy atom. The first-order valence-corrected chi connectivity index (χ1v) is 4.13. The van der Waals surface area contributed by atoms with E-state index in [-0.39, 0.29) is 17.6 Å². The molecular formula is C9H9FN2O. The zero-order valence-corrected chi connectivity index (χ0v) is 6.96. The van der Waals surface area contributed by atoms with Crippen molar-refractivity contribution >= 4 is 5.91 Å². The molecule has 1 aliphatic rings. The number of rotatable bonds is 1. The average molecular weight is 180 g/mol. The van der Waals surface area contributed by atoms with Gasteiger partial charge in [0.1, 0.15) is 5.82 Å². The fourth-order valence-electron chi connectivity index (χ4n) is 1.54. The smallest absolute Gasteiger partial charge is 0.220 e. The Kier molecular flexibility index (Phi) is 1.96. The van der Waals surface area contributed by atoms with Crippen LogP contribution in [-0.4, -0.2) is 17.4 Å². The van der Waals surface area contributed by atoms with Crippen LogP contribution in [0.15, 0.2) is 18.5 Å². The van der Waals surface area contributed by atoms with Gasteiger partial charge >= 0.3 is 0 Å². The molecule has 0 bridgehead atoms. The van der Waals surface area contributed by atoms with Gasteiger partial charge in [0.05, 0.1) is 6.20 Å². The monoisotopic (exact) mass is 180 g/mol. The molecule has 1 amide bonds. The first-order valence-electron chi connectivity index (χ1n) is 4.13. The van der Waals surface area contributed by atoms with Crippen LogP contribution in [0.1, 0.15) is 17.9 Å². The highest BCUT2D eigenvalue weighted by atomic mass is 19.1. The van der Waals surface area contributed by atoms with Crippen molar-refractivity contribution in [2.24, 2.45) is 0 Å². The lowest BCUT2D eigenvalue weighted by molar-refractivity contribution is -0.119. The van der Waals surface area contributed by atoms with Gasteiger partial charge in [-0.3, -0.25) is 9.78 Å². The van der Waals surface area contributed by atoms with Crippen molar-refractivity contribution in [2.45, 2.75) is 12.3 Å². The molecule has 1 aliphatic heterocycles. The number of hydrogen-bond donors (Lipinski definition) is 1. The molecule has 1 atom stereocenters. The van der Waals surface area contributed by atoms with Crippen molar-refractivity contribution < 1.29 is 9.18 Å². The predicted molar refractivity (Wildman–Crippen MR) is 44.6 cm³/mol. The minimum atomic E-state index is -0.330. The normalized spacial score (nSPS) is 21.6. The maximum Gasteiger partial charge on any atom is 0.220 e. The summed E-state index contributed by atoms with van der Waals surface area (Å²) in [4.78, 5) is 14.5. The highest BCUT2D eigenvalue weighted by molar-refractivity contribution is 5.79. The van der Waals surface area contributed by atoms with E-state index in [1.165, 1.54) is 6.20 Å². The first kappa shape index (κ1) is 8.16. The number of carbonyl (C=O) groups excluding carboxylic acids is 1. The third-order valence-corrected chi connectivity index (χ3v) is 2.22. The van der Waals surface area contributed by atoms with E-state index in [0.717, 1.165) is 0 Å². The number of halogens is 1. The minimum Gasteiger partial charge on any atom is -0.355 e. The van der Waals surface area contributed by atoms with Crippen LogP contribution in [0.4, 0.5) is 4.39 Å². The number of nitrogens with one attached hydrogen (secondary N) is 1. The molecule has 0 saturated carbocycles. The summed E-state index contributed by atoms with van der Waals surface area (Å²) in [6, 6.07) is 1.63. The maximum atomic E-state index is 13.2. The Hall–Kier alpha value is -1.45. The maximum absolute atomic E-state index is 13.2. The van der Waals surface area contributed by atoms with Gasteiger partial charge in [-0.15, -0.1) is 0 Å². The molecule has 1 saturated heterocycles. The number of carbonyl (C=O) groups is 1. The number of aromatic nitrogens is 1. The molecule has 0 radical (unpaired) electrons. The van der Waals surface area contributed by atoms with E-state index in [9.17, 15) is 9.18 Å². The second-order valence-corrected chi connectivity index (χ2v) is 3.10. The Balaban J connectivity index is 2.26. The van der Waals surface area contributed by atoms with E-state index in [1.54, 1.807) is 12.3 Å². The molecule has 2 rings (SSSR count). The molecule has 1 unspecified atom stereocenters. The van der Waals surface area contributed by atoms with Gasteiger partial charge < -0.3 is 5.32 Å². The molecule has 1 fully saturated rings. The van der Waals surface area contributed by atoms with Gasteiger partial charge in [0.15, 0.2) is 0 Å². The summed E-state index contributed by atoms with van der Waals surface area (Å²) in [6.07, 6.45) is 3.10.